The van der Waals surface area contributed by atoms with Crippen LogP contribution in [-0.4, -0.2) is 12.3 Å². The van der Waals surface area contributed by atoms with E-state index >= 15 is 0 Å². The Labute approximate surface area is 406 Å². The van der Waals surface area contributed by atoms with Crippen molar-refractivity contribution in [1.29, 1.82) is 0 Å². The van der Waals surface area contributed by atoms with Gasteiger partial charge in [0.25, 0.3) is 6.71 Å². The largest absolute Gasteiger partial charge is 0.456 e. The molecule has 0 amide bonds. The number of hydrogen-bond acceptors (Lipinski definition) is 5. The number of hydrogen-bond donors (Lipinski definition) is 0. The summed E-state index contributed by atoms with van der Waals surface area (Å²) >= 11 is 1.91. The summed E-state index contributed by atoms with van der Waals surface area (Å²) in [6.45, 7) is 7.32. The average Bonchev–Trinajstić information content (AvgIpc) is 4.02. The first kappa shape index (κ1) is 39.5. The Bertz CT molecular complexity index is 3970. The third kappa shape index (κ3) is 5.35. The molecule has 11 aromatic rings. The second-order valence-electron chi connectivity index (χ2n) is 20.4. The van der Waals surface area contributed by atoms with Gasteiger partial charge in [0.1, 0.15) is 11.2 Å². The highest BCUT2D eigenvalue weighted by Gasteiger charge is 2.58. The fraction of sp³-hybridized carbons (Fsp3) is 0.143. The van der Waals surface area contributed by atoms with Crippen molar-refractivity contribution in [2.24, 2.45) is 0 Å². The molecule has 2 aromatic heterocycles. The van der Waals surface area contributed by atoms with Crippen LogP contribution in [0.25, 0.3) is 53.2 Å². The second kappa shape index (κ2) is 14.3. The van der Waals surface area contributed by atoms with Crippen molar-refractivity contribution >= 4 is 122 Å². The fourth-order valence-corrected chi connectivity index (χ4v) is 14.7. The maximum Gasteiger partial charge on any atom is 0.252 e. The van der Waals surface area contributed by atoms with E-state index in [2.05, 4.69) is 224 Å². The van der Waals surface area contributed by atoms with E-state index in [4.69, 9.17) is 4.42 Å². The predicted octanol–water partition coefficient (Wildman–Crippen LogP) is 15.8. The first-order valence-electron chi connectivity index (χ1n) is 24.7. The standard InChI is InChI=1S/C63H48BN3OS/c1-39-34-55-60-56(35-39)66(53-23-15-20-47-46-19-8-12-25-59(46)69-61(47)53)54-37-43(67-51-22-10-9-21-48(51)62(2)32-13-14-33-63(62,67)3)28-30-49(54)64(60)50-36-41(40-16-5-4-6-17-40)26-31-52(50)65(55)42-27-29-45-44-18-7-11-24-57(44)68-58(45)38-42/h4-12,15-31,34-38H,13-14,32-33H2,1-3H3. The molecule has 2 unspecified atom stereocenters. The van der Waals surface area contributed by atoms with Crippen LogP contribution in [0.2, 0.25) is 0 Å². The molecule has 0 spiro atoms. The topological polar surface area (TPSA) is 22.9 Å². The number of benzene rings is 9. The van der Waals surface area contributed by atoms with Crippen molar-refractivity contribution in [3.63, 3.8) is 0 Å². The average molecular weight is 906 g/mol. The third-order valence-corrected chi connectivity index (χ3v) is 18.0. The van der Waals surface area contributed by atoms with Gasteiger partial charge in [0.05, 0.1) is 15.9 Å². The molecule has 1 aliphatic carbocycles. The lowest BCUT2D eigenvalue weighted by molar-refractivity contribution is 0.195. The third-order valence-electron chi connectivity index (χ3n) is 16.8. The Kier molecular flexibility index (Phi) is 8.15. The van der Waals surface area contributed by atoms with E-state index in [9.17, 15) is 0 Å². The van der Waals surface area contributed by atoms with Crippen LogP contribution in [0.5, 0.6) is 0 Å². The summed E-state index contributed by atoms with van der Waals surface area (Å²) in [4.78, 5) is 7.91. The van der Waals surface area contributed by atoms with Crippen molar-refractivity contribution < 1.29 is 4.42 Å². The molecule has 330 valence electrons. The van der Waals surface area contributed by atoms with Crippen molar-refractivity contribution in [3.8, 4) is 11.1 Å². The zero-order valence-corrected chi connectivity index (χ0v) is 39.8. The van der Waals surface area contributed by atoms with Gasteiger partial charge in [-0.15, -0.1) is 11.3 Å². The zero-order valence-electron chi connectivity index (χ0n) is 39.0. The number of aryl methyl sites for hydroxylation is 1. The minimum atomic E-state index is -0.0701. The molecule has 5 heterocycles. The highest BCUT2D eigenvalue weighted by Crippen LogP contribution is 2.61. The Balaban J connectivity index is 1.03. The molecular weight excluding hydrogens is 858 g/mol. The minimum absolute atomic E-state index is 0.0382. The van der Waals surface area contributed by atoms with Crippen molar-refractivity contribution in [1.82, 2.24) is 0 Å². The number of nitrogens with zero attached hydrogens (tertiary/aromatic N) is 3. The Morgan fingerprint density at radius 2 is 1.22 bits per heavy atom. The van der Waals surface area contributed by atoms with Gasteiger partial charge in [0.15, 0.2) is 0 Å². The van der Waals surface area contributed by atoms with E-state index in [1.54, 1.807) is 0 Å². The summed E-state index contributed by atoms with van der Waals surface area (Å²) in [5.74, 6) is 0. The van der Waals surface area contributed by atoms with E-state index in [0.29, 0.717) is 0 Å². The Morgan fingerprint density at radius 3 is 2.12 bits per heavy atom. The summed E-state index contributed by atoms with van der Waals surface area (Å²) in [6.07, 6.45) is 4.84. The van der Waals surface area contributed by atoms with Crippen LogP contribution in [0.4, 0.5) is 45.5 Å². The van der Waals surface area contributed by atoms with E-state index in [1.165, 1.54) is 118 Å². The first-order valence-corrected chi connectivity index (χ1v) is 25.5. The number of rotatable bonds is 4. The van der Waals surface area contributed by atoms with Gasteiger partial charge in [-0.1, -0.05) is 135 Å². The number of furan rings is 1. The van der Waals surface area contributed by atoms with Crippen molar-refractivity contribution in [3.05, 3.63) is 199 Å². The molecule has 4 aliphatic rings. The minimum Gasteiger partial charge on any atom is -0.456 e. The molecule has 0 saturated heterocycles. The van der Waals surface area contributed by atoms with Gasteiger partial charge in [-0.05, 0) is 132 Å². The van der Waals surface area contributed by atoms with Crippen molar-refractivity contribution in [2.75, 3.05) is 14.7 Å². The highest BCUT2D eigenvalue weighted by atomic mass is 32.1. The van der Waals surface area contributed by atoms with Gasteiger partial charge >= 0.3 is 0 Å². The number of thiophene rings is 1. The SMILES string of the molecule is Cc1cc2c3c(c1)N(c1cccc4c1sc1ccccc14)c1cc(N4c5ccccc5C5(C)CCCCC45C)ccc1B3c1cc(-c3ccccc3)ccc1N2c1ccc2c(c1)oc1ccccc12. The van der Waals surface area contributed by atoms with E-state index in [1.807, 2.05) is 11.3 Å². The molecule has 6 heteroatoms. The molecule has 2 atom stereocenters. The second-order valence-corrected chi connectivity index (χ2v) is 21.5. The van der Waals surface area contributed by atoms with Crippen LogP contribution in [0.1, 0.15) is 50.7 Å². The zero-order chi connectivity index (χ0) is 45.8. The quantitative estimate of drug-likeness (QED) is 0.164. The molecule has 0 bridgehead atoms. The Morgan fingerprint density at radius 1 is 0.493 bits per heavy atom. The van der Waals surface area contributed by atoms with Gasteiger partial charge in [0.2, 0.25) is 0 Å². The highest BCUT2D eigenvalue weighted by molar-refractivity contribution is 7.26. The smallest absolute Gasteiger partial charge is 0.252 e. The molecular formula is C63H48BN3OS. The van der Waals surface area contributed by atoms with Gasteiger partial charge in [0, 0.05) is 77.5 Å². The summed E-state index contributed by atoms with van der Waals surface area (Å²) < 4.78 is 9.22. The number of anilines is 8. The molecule has 4 nitrogen and oxygen atoms in total. The Hall–Kier alpha value is -7.54. The van der Waals surface area contributed by atoms with Gasteiger partial charge in [-0.25, -0.2) is 0 Å². The summed E-state index contributed by atoms with van der Waals surface area (Å²) in [7, 11) is 0. The van der Waals surface area contributed by atoms with Gasteiger partial charge in [-0.2, -0.15) is 0 Å². The molecule has 0 N–H and O–H groups in total. The predicted molar refractivity (Wildman–Crippen MR) is 294 cm³/mol. The molecule has 0 radical (unpaired) electrons. The van der Waals surface area contributed by atoms with E-state index < -0.39 is 0 Å². The molecule has 69 heavy (non-hydrogen) atoms. The van der Waals surface area contributed by atoms with Crippen LogP contribution >= 0.6 is 11.3 Å². The van der Waals surface area contributed by atoms with Crippen LogP contribution in [0.15, 0.2) is 192 Å². The van der Waals surface area contributed by atoms with Crippen LogP contribution in [-0.2, 0) is 5.41 Å². The van der Waals surface area contributed by atoms with Crippen LogP contribution in [0.3, 0.4) is 0 Å². The first-order chi connectivity index (χ1) is 33.9. The van der Waals surface area contributed by atoms with Gasteiger partial charge in [-0.3, -0.25) is 0 Å². The molecule has 3 aliphatic heterocycles. The maximum atomic E-state index is 6.61. The lowest BCUT2D eigenvalue weighted by Crippen LogP contribution is -2.61. The lowest BCUT2D eigenvalue weighted by Gasteiger charge is -2.50. The normalized spacial score (nSPS) is 19.0. The monoisotopic (exact) mass is 905 g/mol. The van der Waals surface area contributed by atoms with E-state index in [0.717, 1.165) is 34.0 Å². The number of para-hydroxylation sites is 2. The summed E-state index contributed by atoms with van der Waals surface area (Å²) in [5.41, 5.74) is 20.6. The van der Waals surface area contributed by atoms with Gasteiger partial charge < -0.3 is 19.1 Å². The summed E-state index contributed by atoms with van der Waals surface area (Å²) in [5, 5.41) is 4.87. The molecule has 1 saturated carbocycles. The van der Waals surface area contributed by atoms with Crippen LogP contribution < -0.4 is 31.1 Å². The maximum absolute atomic E-state index is 6.61. The van der Waals surface area contributed by atoms with Crippen molar-refractivity contribution in [2.45, 2.75) is 57.4 Å². The fourth-order valence-electron chi connectivity index (χ4n) is 13.5. The molecule has 9 aromatic carbocycles. The number of fused-ring (bicyclic) bond motifs is 13. The summed E-state index contributed by atoms with van der Waals surface area (Å²) in [6, 6.07) is 70.8. The molecule has 15 rings (SSSR count). The lowest BCUT2D eigenvalue weighted by atomic mass is 9.33. The molecule has 1 fully saturated rings. The van der Waals surface area contributed by atoms with E-state index in [-0.39, 0.29) is 17.7 Å². The van der Waals surface area contributed by atoms with Crippen LogP contribution in [0, 0.1) is 6.92 Å².